The van der Waals surface area contributed by atoms with Crippen molar-refractivity contribution in [1.29, 1.82) is 0 Å². The van der Waals surface area contributed by atoms with E-state index >= 15 is 0 Å². The molecule has 3 rings (SSSR count). The van der Waals surface area contributed by atoms with E-state index in [1.807, 2.05) is 19.9 Å². The molecule has 32 heavy (non-hydrogen) atoms. The minimum absolute atomic E-state index is 0. The van der Waals surface area contributed by atoms with Crippen molar-refractivity contribution in [2.24, 2.45) is 4.99 Å². The summed E-state index contributed by atoms with van der Waals surface area (Å²) >= 11 is 0. The molecule has 1 aromatic heterocycles. The molecule has 0 radical (unpaired) electrons. The van der Waals surface area contributed by atoms with E-state index in [-0.39, 0.29) is 24.0 Å². The molecule has 9 heteroatoms. The van der Waals surface area contributed by atoms with Crippen molar-refractivity contribution in [3.63, 3.8) is 0 Å². The molecule has 0 bridgehead atoms. The standard InChI is InChI=1S/C23H36N6O2.HI/c1-4-30-19-11-10-18(17-20(19)31-5-2)12-14-25-23(24-3)26-15-13-22-28-27-21-9-7-6-8-16-29(21)22;/h10-11,17H,4-9,12-16H2,1-3H3,(H2,24,25,26);1H. The number of hydrogen-bond donors (Lipinski definition) is 2. The van der Waals surface area contributed by atoms with E-state index in [1.165, 1.54) is 24.8 Å². The van der Waals surface area contributed by atoms with Gasteiger partial charge in [0.1, 0.15) is 11.6 Å². The lowest BCUT2D eigenvalue weighted by atomic mass is 10.1. The van der Waals surface area contributed by atoms with Gasteiger partial charge in [-0.3, -0.25) is 4.99 Å². The predicted molar refractivity (Wildman–Crippen MR) is 139 cm³/mol. The zero-order valence-corrected chi connectivity index (χ0v) is 21.9. The van der Waals surface area contributed by atoms with Gasteiger partial charge < -0.3 is 24.7 Å². The molecule has 1 aromatic carbocycles. The maximum absolute atomic E-state index is 5.72. The fraction of sp³-hybridized carbons (Fsp3) is 0.609. The summed E-state index contributed by atoms with van der Waals surface area (Å²) < 4.78 is 13.7. The Morgan fingerprint density at radius 1 is 1.00 bits per heavy atom. The average molecular weight is 556 g/mol. The summed E-state index contributed by atoms with van der Waals surface area (Å²) in [6, 6.07) is 6.13. The number of ether oxygens (including phenoxy) is 2. The first kappa shape index (κ1) is 26.2. The van der Waals surface area contributed by atoms with Crippen LogP contribution in [0.5, 0.6) is 11.5 Å². The van der Waals surface area contributed by atoms with Gasteiger partial charge in [-0.2, -0.15) is 0 Å². The van der Waals surface area contributed by atoms with Crippen LogP contribution in [0.3, 0.4) is 0 Å². The van der Waals surface area contributed by atoms with Crippen LogP contribution in [0.4, 0.5) is 0 Å². The third-order valence-corrected chi connectivity index (χ3v) is 5.36. The van der Waals surface area contributed by atoms with Crippen LogP contribution in [-0.2, 0) is 25.8 Å². The molecule has 2 aromatic rings. The van der Waals surface area contributed by atoms with E-state index in [2.05, 4.69) is 42.5 Å². The van der Waals surface area contributed by atoms with Crippen molar-refractivity contribution < 1.29 is 9.47 Å². The van der Waals surface area contributed by atoms with Gasteiger partial charge in [0.05, 0.1) is 13.2 Å². The monoisotopic (exact) mass is 556 g/mol. The van der Waals surface area contributed by atoms with E-state index in [0.29, 0.717) is 13.2 Å². The maximum atomic E-state index is 5.72. The van der Waals surface area contributed by atoms with E-state index in [0.717, 1.165) is 68.0 Å². The third-order valence-electron chi connectivity index (χ3n) is 5.36. The molecule has 0 spiro atoms. The molecule has 2 heterocycles. The van der Waals surface area contributed by atoms with Gasteiger partial charge in [-0.05, 0) is 50.8 Å². The largest absolute Gasteiger partial charge is 0.490 e. The van der Waals surface area contributed by atoms with E-state index in [1.54, 1.807) is 7.05 Å². The molecule has 0 saturated carbocycles. The summed E-state index contributed by atoms with van der Waals surface area (Å²) in [5, 5.41) is 15.5. The average Bonchev–Trinajstić information content (AvgIpc) is 3.00. The third kappa shape index (κ3) is 7.53. The number of benzene rings is 1. The second-order valence-electron chi connectivity index (χ2n) is 7.57. The van der Waals surface area contributed by atoms with Crippen molar-refractivity contribution in [3.05, 3.63) is 35.4 Å². The van der Waals surface area contributed by atoms with Crippen LogP contribution >= 0.6 is 24.0 Å². The summed E-state index contributed by atoms with van der Waals surface area (Å²) in [5.41, 5.74) is 1.20. The minimum atomic E-state index is 0. The fourth-order valence-corrected chi connectivity index (χ4v) is 3.82. The second-order valence-corrected chi connectivity index (χ2v) is 7.57. The summed E-state index contributed by atoms with van der Waals surface area (Å²) in [5.74, 6) is 4.60. The Morgan fingerprint density at radius 3 is 2.50 bits per heavy atom. The first-order valence-electron chi connectivity index (χ1n) is 11.5. The van der Waals surface area contributed by atoms with Crippen molar-refractivity contribution in [1.82, 2.24) is 25.4 Å². The smallest absolute Gasteiger partial charge is 0.191 e. The molecule has 0 aliphatic carbocycles. The fourth-order valence-electron chi connectivity index (χ4n) is 3.82. The summed E-state index contributed by atoms with van der Waals surface area (Å²) in [6.45, 7) is 7.79. The summed E-state index contributed by atoms with van der Waals surface area (Å²) in [7, 11) is 1.79. The Kier molecular flexibility index (Phi) is 11.6. The van der Waals surface area contributed by atoms with Crippen molar-refractivity contribution in [2.45, 2.75) is 58.9 Å². The molecule has 2 N–H and O–H groups in total. The van der Waals surface area contributed by atoms with Crippen LogP contribution < -0.4 is 20.1 Å². The van der Waals surface area contributed by atoms with Crippen molar-refractivity contribution in [3.8, 4) is 11.5 Å². The van der Waals surface area contributed by atoms with Gasteiger partial charge in [-0.15, -0.1) is 34.2 Å². The zero-order chi connectivity index (χ0) is 21.9. The number of nitrogens with zero attached hydrogens (tertiary/aromatic N) is 4. The minimum Gasteiger partial charge on any atom is -0.490 e. The highest BCUT2D eigenvalue weighted by atomic mass is 127. The van der Waals surface area contributed by atoms with Gasteiger partial charge in [0.2, 0.25) is 0 Å². The Labute approximate surface area is 208 Å². The number of guanidine groups is 1. The molecule has 0 atom stereocenters. The van der Waals surface area contributed by atoms with E-state index < -0.39 is 0 Å². The van der Waals surface area contributed by atoms with E-state index in [4.69, 9.17) is 9.47 Å². The van der Waals surface area contributed by atoms with Gasteiger partial charge in [0.15, 0.2) is 17.5 Å². The lowest BCUT2D eigenvalue weighted by molar-refractivity contribution is 0.287. The number of aliphatic imine (C=N–C) groups is 1. The molecular weight excluding hydrogens is 519 g/mol. The number of fused-ring (bicyclic) bond motifs is 1. The highest BCUT2D eigenvalue weighted by Crippen LogP contribution is 2.28. The normalized spacial score (nSPS) is 13.5. The molecule has 0 unspecified atom stereocenters. The summed E-state index contributed by atoms with van der Waals surface area (Å²) in [4.78, 5) is 4.33. The van der Waals surface area contributed by atoms with Crippen LogP contribution in [0.2, 0.25) is 0 Å². The number of aromatic nitrogens is 3. The number of rotatable bonds is 10. The Balaban J connectivity index is 0.00000363. The van der Waals surface area contributed by atoms with Gasteiger partial charge in [-0.25, -0.2) is 0 Å². The number of nitrogens with one attached hydrogen (secondary N) is 2. The number of hydrogen-bond acceptors (Lipinski definition) is 5. The number of halogens is 1. The molecule has 178 valence electrons. The van der Waals surface area contributed by atoms with Gasteiger partial charge >= 0.3 is 0 Å². The van der Waals surface area contributed by atoms with Crippen LogP contribution in [0.1, 0.15) is 50.3 Å². The predicted octanol–water partition coefficient (Wildman–Crippen LogP) is 3.37. The highest BCUT2D eigenvalue weighted by molar-refractivity contribution is 14.0. The van der Waals surface area contributed by atoms with Crippen LogP contribution in [-0.4, -0.2) is 54.1 Å². The highest BCUT2D eigenvalue weighted by Gasteiger charge is 2.14. The molecule has 0 amide bonds. The molecule has 1 aliphatic rings. The van der Waals surface area contributed by atoms with Gasteiger partial charge in [0, 0.05) is 39.5 Å². The van der Waals surface area contributed by atoms with Crippen LogP contribution in [0, 0.1) is 0 Å². The SMILES string of the molecule is CCOc1ccc(CCNC(=NC)NCCc2nnc3n2CCCCC3)cc1OCC.I. The van der Waals surface area contributed by atoms with Crippen LogP contribution in [0.15, 0.2) is 23.2 Å². The molecule has 8 nitrogen and oxygen atoms in total. The molecule has 0 saturated heterocycles. The molecule has 1 aliphatic heterocycles. The lowest BCUT2D eigenvalue weighted by Gasteiger charge is -2.14. The molecule has 0 fully saturated rings. The van der Waals surface area contributed by atoms with Crippen molar-refractivity contribution in [2.75, 3.05) is 33.4 Å². The van der Waals surface area contributed by atoms with Crippen molar-refractivity contribution >= 4 is 29.9 Å². The number of aryl methyl sites for hydroxylation is 1. The Hall–Kier alpha value is -2.04. The zero-order valence-electron chi connectivity index (χ0n) is 19.5. The van der Waals surface area contributed by atoms with Crippen LogP contribution in [0.25, 0.3) is 0 Å². The topological polar surface area (TPSA) is 85.6 Å². The first-order chi connectivity index (χ1) is 15.2. The quantitative estimate of drug-likeness (QED) is 0.265. The first-order valence-corrected chi connectivity index (χ1v) is 11.5. The summed E-state index contributed by atoms with van der Waals surface area (Å²) in [6.07, 6.45) is 6.45. The van der Waals surface area contributed by atoms with Gasteiger partial charge in [-0.1, -0.05) is 12.5 Å². The Morgan fingerprint density at radius 2 is 1.75 bits per heavy atom. The van der Waals surface area contributed by atoms with E-state index in [9.17, 15) is 0 Å². The molecular formula is C23H37IN6O2. The van der Waals surface area contributed by atoms with Gasteiger partial charge in [0.25, 0.3) is 0 Å². The maximum Gasteiger partial charge on any atom is 0.191 e. The Bertz CT molecular complexity index is 855. The lowest BCUT2D eigenvalue weighted by Crippen LogP contribution is -2.39. The second kappa shape index (κ2) is 14.2.